The van der Waals surface area contributed by atoms with E-state index in [1.807, 2.05) is 7.05 Å². The molecule has 0 heterocycles. The fourth-order valence-electron chi connectivity index (χ4n) is 4.60. The molecule has 0 aromatic carbocycles. The largest absolute Gasteiger partial charge is 0.306 e. The van der Waals surface area contributed by atoms with Crippen LogP contribution in [0.2, 0.25) is 0 Å². The van der Waals surface area contributed by atoms with Crippen LogP contribution in [0, 0.1) is 0 Å². The van der Waals surface area contributed by atoms with Crippen molar-refractivity contribution in [3.8, 4) is 0 Å². The van der Waals surface area contributed by atoms with E-state index < -0.39 is 30.0 Å². The van der Waals surface area contributed by atoms with E-state index in [4.69, 9.17) is 18.3 Å². The average Bonchev–Trinajstić information content (AvgIpc) is 2.71. The maximum atomic E-state index is 5.72. The van der Waals surface area contributed by atoms with Crippen LogP contribution in [-0.2, 0) is 0 Å². The molecule has 0 bridgehead atoms. The second kappa shape index (κ2) is 13.8. The number of hydrogen-bond donors (Lipinski definition) is 0. The van der Waals surface area contributed by atoms with Crippen molar-refractivity contribution in [2.24, 2.45) is 18.3 Å². The van der Waals surface area contributed by atoms with Crippen molar-refractivity contribution >= 4 is 30.0 Å². The van der Waals surface area contributed by atoms with Crippen LogP contribution >= 0.6 is 30.0 Å². The standard InChI is InChI=1S/C19H57N13P4/c1-20-33(21-34(24(2)3,25(4)5)26(6)7,22-35(27(8)9,28(10)11)29(12)13)23-36(30(14)15,31(16)17)32(18)19/h1-19H3. The normalized spacial score (nSPS) is 14.6. The Morgan fingerprint density at radius 1 is 0.306 bits per heavy atom. The molecule has 0 rings (SSSR count). The molecule has 218 valence electrons. The first kappa shape index (κ1) is 36.6. The van der Waals surface area contributed by atoms with Gasteiger partial charge in [0.25, 0.3) is 0 Å². The van der Waals surface area contributed by atoms with Crippen molar-refractivity contribution < 1.29 is 0 Å². The van der Waals surface area contributed by atoms with Crippen molar-refractivity contribution in [3.63, 3.8) is 0 Å². The van der Waals surface area contributed by atoms with E-state index >= 15 is 0 Å². The van der Waals surface area contributed by atoms with Gasteiger partial charge < -0.3 is 0 Å². The SMILES string of the molecule is CN=P(N=P(N(C)C)(N(C)C)N(C)C)(N=P(N(C)C)(N(C)C)N(C)C)N=P(N(C)C)(N(C)C)N(C)C. The van der Waals surface area contributed by atoms with Crippen LogP contribution in [0.25, 0.3) is 0 Å². The first-order valence-electron chi connectivity index (χ1n) is 11.7. The zero-order valence-corrected chi connectivity index (χ0v) is 30.2. The second-order valence-corrected chi connectivity index (χ2v) is 24.3. The van der Waals surface area contributed by atoms with Gasteiger partial charge in [-0.15, -0.1) is 0 Å². The van der Waals surface area contributed by atoms with Crippen molar-refractivity contribution in [2.45, 2.75) is 0 Å². The highest BCUT2D eigenvalue weighted by atomic mass is 31.3. The predicted octanol–water partition coefficient (Wildman–Crippen LogP) is 4.46. The maximum Gasteiger partial charge on any atom is 0.306 e. The molecule has 0 amide bonds. The molecule has 0 aliphatic carbocycles. The van der Waals surface area contributed by atoms with E-state index in [1.54, 1.807) is 0 Å². The molecule has 17 heteroatoms. The number of rotatable bonds is 12. The van der Waals surface area contributed by atoms with Gasteiger partial charge in [-0.25, -0.2) is 4.74 Å². The molecule has 0 aromatic rings. The zero-order valence-electron chi connectivity index (χ0n) is 26.6. The van der Waals surface area contributed by atoms with Gasteiger partial charge in [0, 0.05) is 7.05 Å². The van der Waals surface area contributed by atoms with Crippen LogP contribution in [0.15, 0.2) is 18.3 Å². The quantitative estimate of drug-likeness (QED) is 0.306. The minimum atomic E-state index is -3.05. The topological polar surface area (TPSA) is 78.6 Å². The predicted molar refractivity (Wildman–Crippen MR) is 166 cm³/mol. The Balaban J connectivity index is 8.84. The summed E-state index contributed by atoms with van der Waals surface area (Å²) in [6.45, 7) is 0. The van der Waals surface area contributed by atoms with Crippen molar-refractivity contribution in [3.05, 3.63) is 0 Å². The molecule has 0 saturated carbocycles. The molecule has 0 aliphatic rings. The van der Waals surface area contributed by atoms with E-state index in [1.165, 1.54) is 0 Å². The third-order valence-electron chi connectivity index (χ3n) is 5.82. The fourth-order valence-corrected chi connectivity index (χ4v) is 23.0. The molecule has 0 radical (unpaired) electrons. The smallest absolute Gasteiger partial charge is 0.252 e. The van der Waals surface area contributed by atoms with Gasteiger partial charge >= 0.3 is 7.51 Å². The van der Waals surface area contributed by atoms with E-state index in [9.17, 15) is 0 Å². The summed E-state index contributed by atoms with van der Waals surface area (Å²) < 4.78 is 42.1. The summed E-state index contributed by atoms with van der Waals surface area (Å²) in [7, 11) is 29.1. The van der Waals surface area contributed by atoms with E-state index in [0.717, 1.165) is 0 Å². The molecule has 0 unspecified atom stereocenters. The third-order valence-corrected chi connectivity index (χ3v) is 21.8. The van der Waals surface area contributed by atoms with Gasteiger partial charge in [0.1, 0.15) is 0 Å². The average molecular weight is 592 g/mol. The van der Waals surface area contributed by atoms with Gasteiger partial charge in [-0.1, -0.05) is 0 Å². The Bertz CT molecular complexity index is 734. The molecule has 0 atom stereocenters. The highest BCUT2D eigenvalue weighted by Gasteiger charge is 2.40. The Labute approximate surface area is 224 Å². The monoisotopic (exact) mass is 591 g/mol. The zero-order chi connectivity index (χ0) is 29.0. The van der Waals surface area contributed by atoms with Gasteiger partial charge in [0.15, 0.2) is 22.5 Å². The molecule has 0 aliphatic heterocycles. The number of hydrogen-bond acceptors (Lipinski definition) is 1. The van der Waals surface area contributed by atoms with E-state index in [0.29, 0.717) is 0 Å². The van der Waals surface area contributed by atoms with Crippen molar-refractivity contribution in [1.29, 1.82) is 0 Å². The van der Waals surface area contributed by atoms with Gasteiger partial charge in [0.05, 0.1) is 0 Å². The Morgan fingerprint density at radius 2 is 0.444 bits per heavy atom. The Morgan fingerprint density at radius 3 is 0.528 bits per heavy atom. The summed E-state index contributed by atoms with van der Waals surface area (Å²) in [5, 5.41) is 0. The first-order chi connectivity index (χ1) is 16.2. The van der Waals surface area contributed by atoms with Crippen LogP contribution in [0.5, 0.6) is 0 Å². The van der Waals surface area contributed by atoms with Gasteiger partial charge in [0.2, 0.25) is 0 Å². The fraction of sp³-hybridized carbons (Fsp3) is 1.00. The van der Waals surface area contributed by atoms with Crippen LogP contribution < -0.4 is 0 Å². The number of nitrogens with zero attached hydrogens (tertiary/aromatic N) is 13. The van der Waals surface area contributed by atoms with Crippen LogP contribution in [0.3, 0.4) is 0 Å². The van der Waals surface area contributed by atoms with Gasteiger partial charge in [-0.2, -0.15) is 13.5 Å². The van der Waals surface area contributed by atoms with E-state index in [-0.39, 0.29) is 0 Å². The minimum absolute atomic E-state index is 1.84. The molecular weight excluding hydrogens is 534 g/mol. The molecule has 13 nitrogen and oxygen atoms in total. The lowest BCUT2D eigenvalue weighted by Crippen LogP contribution is -2.32. The molecular formula is C19H57N13P4. The third kappa shape index (κ3) is 6.82. The van der Waals surface area contributed by atoms with Crippen LogP contribution in [0.4, 0.5) is 0 Å². The van der Waals surface area contributed by atoms with Gasteiger partial charge in [-0.05, 0) is 127 Å². The lowest BCUT2D eigenvalue weighted by molar-refractivity contribution is 0.472. The molecule has 0 spiro atoms. The van der Waals surface area contributed by atoms with Crippen molar-refractivity contribution in [1.82, 2.24) is 42.0 Å². The lowest BCUT2D eigenvalue weighted by Gasteiger charge is -2.45. The van der Waals surface area contributed by atoms with E-state index in [2.05, 4.69) is 169 Å². The highest BCUT2D eigenvalue weighted by molar-refractivity contribution is 7.80. The first-order valence-corrected chi connectivity index (χ1v) is 18.1. The molecule has 0 aromatic heterocycles. The highest BCUT2D eigenvalue weighted by Crippen LogP contribution is 2.77. The van der Waals surface area contributed by atoms with Crippen molar-refractivity contribution in [2.75, 3.05) is 134 Å². The Kier molecular flexibility index (Phi) is 14.0. The summed E-state index contributed by atoms with van der Waals surface area (Å²) in [5.74, 6) is 0. The molecule has 0 fully saturated rings. The molecule has 0 saturated heterocycles. The van der Waals surface area contributed by atoms with Crippen LogP contribution in [-0.4, -0.2) is 176 Å². The Hall–Kier alpha value is 0.560. The lowest BCUT2D eigenvalue weighted by atomic mass is 11.2. The molecule has 36 heavy (non-hydrogen) atoms. The maximum absolute atomic E-state index is 5.72. The van der Waals surface area contributed by atoms with Crippen LogP contribution in [0.1, 0.15) is 0 Å². The molecule has 0 N–H and O–H groups in total. The summed E-state index contributed by atoms with van der Waals surface area (Å²) in [6, 6.07) is 0. The summed E-state index contributed by atoms with van der Waals surface area (Å²) in [4.78, 5) is 0. The minimum Gasteiger partial charge on any atom is -0.252 e. The summed E-state index contributed by atoms with van der Waals surface area (Å²) >= 11 is 0. The summed E-state index contributed by atoms with van der Waals surface area (Å²) in [5.41, 5.74) is 0. The second-order valence-electron chi connectivity index (χ2n) is 10.2. The van der Waals surface area contributed by atoms with Gasteiger partial charge in [-0.3, -0.25) is 42.0 Å². The summed E-state index contributed by atoms with van der Waals surface area (Å²) in [6.07, 6.45) is 0.